The summed E-state index contributed by atoms with van der Waals surface area (Å²) < 4.78 is 0. The largest absolute Gasteiger partial charge is 0.356 e. The molecule has 5 rings (SSSR count). The first-order valence-electron chi connectivity index (χ1n) is 14.6. The number of nitrogens with zero attached hydrogens (tertiary/aromatic N) is 4. The maximum atomic E-state index is 13.6. The first-order valence-corrected chi connectivity index (χ1v) is 14.6. The van der Waals surface area contributed by atoms with E-state index in [2.05, 4.69) is 45.4 Å². The van der Waals surface area contributed by atoms with Crippen molar-refractivity contribution in [2.45, 2.75) is 52.1 Å². The van der Waals surface area contributed by atoms with Crippen LogP contribution in [-0.2, 0) is 11.3 Å². The maximum absolute atomic E-state index is 13.6. The summed E-state index contributed by atoms with van der Waals surface area (Å²) in [5.74, 6) is 0.935. The van der Waals surface area contributed by atoms with Crippen LogP contribution in [0.5, 0.6) is 0 Å². The minimum absolute atomic E-state index is 0.0368. The summed E-state index contributed by atoms with van der Waals surface area (Å²) >= 11 is 0. The van der Waals surface area contributed by atoms with Crippen LogP contribution in [0.3, 0.4) is 0 Å². The lowest BCUT2D eigenvalue weighted by molar-refractivity contribution is -0.135. The summed E-state index contributed by atoms with van der Waals surface area (Å²) in [6, 6.07) is 20.5. The predicted octanol–water partition coefficient (Wildman–Crippen LogP) is 4.71. The van der Waals surface area contributed by atoms with Gasteiger partial charge < -0.3 is 15.1 Å². The monoisotopic (exact) mass is 527 g/mol. The molecule has 0 spiro atoms. The molecule has 1 unspecified atom stereocenters. The standard InChI is InChI=1S/C32H41N5O2/c1-3-36(4-2)32(39)25-13-10-18-37(23-25)30-21-28(27-14-8-9-15-29(27)34-30)31(38)33-26-16-19-35(20-17-26)22-24-11-6-5-7-12-24/h5-9,11-12,14-15,21,25-26H,3-4,10,13,16-20,22-23H2,1-2H3,(H,33,38). The van der Waals surface area contributed by atoms with E-state index in [4.69, 9.17) is 4.98 Å². The molecule has 0 aliphatic carbocycles. The summed E-state index contributed by atoms with van der Waals surface area (Å²) in [5.41, 5.74) is 2.81. The second-order valence-corrected chi connectivity index (χ2v) is 10.9. The van der Waals surface area contributed by atoms with Crippen LogP contribution in [-0.4, -0.2) is 71.9 Å². The van der Waals surface area contributed by atoms with Gasteiger partial charge in [-0.2, -0.15) is 0 Å². The zero-order valence-corrected chi connectivity index (χ0v) is 23.3. The third-order valence-corrected chi connectivity index (χ3v) is 8.29. The highest BCUT2D eigenvalue weighted by molar-refractivity contribution is 6.07. The molecule has 2 amide bonds. The van der Waals surface area contributed by atoms with Crippen molar-refractivity contribution < 1.29 is 9.59 Å². The highest BCUT2D eigenvalue weighted by atomic mass is 16.2. The summed E-state index contributed by atoms with van der Waals surface area (Å²) in [4.78, 5) is 38.2. The fourth-order valence-electron chi connectivity index (χ4n) is 6.03. The molecule has 1 atom stereocenters. The van der Waals surface area contributed by atoms with E-state index >= 15 is 0 Å². The minimum Gasteiger partial charge on any atom is -0.356 e. The normalized spacial score (nSPS) is 18.7. The Labute approximate surface area is 232 Å². The van der Waals surface area contributed by atoms with Gasteiger partial charge in [0.05, 0.1) is 17.0 Å². The van der Waals surface area contributed by atoms with Crippen LogP contribution in [0.2, 0.25) is 0 Å². The number of carbonyl (C=O) groups excluding carboxylic acids is 2. The second-order valence-electron chi connectivity index (χ2n) is 10.9. The van der Waals surface area contributed by atoms with Crippen LogP contribution in [0.4, 0.5) is 5.82 Å². The van der Waals surface area contributed by atoms with Crippen molar-refractivity contribution in [3.05, 3.63) is 71.8 Å². The van der Waals surface area contributed by atoms with Gasteiger partial charge in [0, 0.05) is 57.2 Å². The van der Waals surface area contributed by atoms with E-state index in [9.17, 15) is 9.59 Å². The molecular formula is C32H41N5O2. The maximum Gasteiger partial charge on any atom is 0.252 e. The highest BCUT2D eigenvalue weighted by Gasteiger charge is 2.30. The smallest absolute Gasteiger partial charge is 0.252 e. The molecule has 0 bridgehead atoms. The Morgan fingerprint density at radius 1 is 0.949 bits per heavy atom. The first kappa shape index (κ1) is 27.1. The molecule has 206 valence electrons. The molecule has 1 aromatic heterocycles. The average molecular weight is 528 g/mol. The number of benzene rings is 2. The van der Waals surface area contributed by atoms with Crippen LogP contribution in [0.1, 0.15) is 55.5 Å². The number of hydrogen-bond acceptors (Lipinski definition) is 5. The summed E-state index contributed by atoms with van der Waals surface area (Å²) in [6.45, 7) is 9.90. The number of nitrogens with one attached hydrogen (secondary N) is 1. The molecule has 2 saturated heterocycles. The molecule has 2 aromatic carbocycles. The minimum atomic E-state index is -0.0378. The van der Waals surface area contributed by atoms with Crippen LogP contribution in [0, 0.1) is 5.92 Å². The number of piperidine rings is 2. The van der Waals surface area contributed by atoms with Gasteiger partial charge in [0.15, 0.2) is 0 Å². The Morgan fingerprint density at radius 3 is 2.41 bits per heavy atom. The Balaban J connectivity index is 1.28. The van der Waals surface area contributed by atoms with E-state index in [1.807, 2.05) is 49.1 Å². The Bertz CT molecular complexity index is 1270. The summed E-state index contributed by atoms with van der Waals surface area (Å²) in [7, 11) is 0. The third-order valence-electron chi connectivity index (χ3n) is 8.29. The van der Waals surface area contributed by atoms with Crippen molar-refractivity contribution >= 4 is 28.5 Å². The van der Waals surface area contributed by atoms with E-state index in [1.54, 1.807) is 0 Å². The van der Waals surface area contributed by atoms with Crippen molar-refractivity contribution in [2.24, 2.45) is 5.92 Å². The topological polar surface area (TPSA) is 68.8 Å². The molecule has 7 heteroatoms. The zero-order chi connectivity index (χ0) is 27.2. The van der Waals surface area contributed by atoms with Crippen LogP contribution >= 0.6 is 0 Å². The van der Waals surface area contributed by atoms with Gasteiger partial charge >= 0.3 is 0 Å². The lowest BCUT2D eigenvalue weighted by Crippen LogP contribution is -2.45. The Hall–Kier alpha value is -3.45. The van der Waals surface area contributed by atoms with Gasteiger partial charge in [-0.1, -0.05) is 48.5 Å². The van der Waals surface area contributed by atoms with Crippen LogP contribution < -0.4 is 10.2 Å². The number of amides is 2. The van der Waals surface area contributed by atoms with E-state index in [1.165, 1.54) is 5.56 Å². The molecule has 7 nitrogen and oxygen atoms in total. The number of pyridine rings is 1. The molecule has 3 heterocycles. The number of anilines is 1. The number of carbonyl (C=O) groups is 2. The van der Waals surface area contributed by atoms with Crippen molar-refractivity contribution in [1.29, 1.82) is 0 Å². The fraction of sp³-hybridized carbons (Fsp3) is 0.469. The van der Waals surface area contributed by atoms with Gasteiger partial charge in [0.1, 0.15) is 5.82 Å². The van der Waals surface area contributed by atoms with Crippen molar-refractivity contribution in [1.82, 2.24) is 20.1 Å². The number of hydrogen-bond donors (Lipinski definition) is 1. The van der Waals surface area contributed by atoms with Crippen LogP contribution in [0.25, 0.3) is 10.9 Å². The first-order chi connectivity index (χ1) is 19.1. The molecule has 39 heavy (non-hydrogen) atoms. The average Bonchev–Trinajstić information content (AvgIpc) is 2.98. The summed E-state index contributed by atoms with van der Waals surface area (Å²) in [6.07, 6.45) is 3.72. The molecule has 2 aliphatic rings. The van der Waals surface area contributed by atoms with Gasteiger partial charge in [-0.05, 0) is 57.2 Å². The fourth-order valence-corrected chi connectivity index (χ4v) is 6.03. The zero-order valence-electron chi connectivity index (χ0n) is 23.3. The molecule has 2 fully saturated rings. The third kappa shape index (κ3) is 6.41. The van der Waals surface area contributed by atoms with Crippen LogP contribution in [0.15, 0.2) is 60.7 Å². The Kier molecular flexibility index (Phi) is 8.77. The molecular weight excluding hydrogens is 486 g/mol. The highest BCUT2D eigenvalue weighted by Crippen LogP contribution is 2.28. The molecule has 0 radical (unpaired) electrons. The van der Waals surface area contributed by atoms with Crippen molar-refractivity contribution in [3.8, 4) is 0 Å². The number of aromatic nitrogens is 1. The molecule has 2 aliphatic heterocycles. The predicted molar refractivity (Wildman–Crippen MR) is 157 cm³/mol. The molecule has 1 N–H and O–H groups in total. The quantitative estimate of drug-likeness (QED) is 0.459. The number of fused-ring (bicyclic) bond motifs is 1. The van der Waals surface area contributed by atoms with Gasteiger partial charge in [-0.3, -0.25) is 14.5 Å². The lowest BCUT2D eigenvalue weighted by atomic mass is 9.96. The van der Waals surface area contributed by atoms with E-state index in [0.29, 0.717) is 12.1 Å². The number of rotatable bonds is 8. The number of para-hydroxylation sites is 1. The summed E-state index contributed by atoms with van der Waals surface area (Å²) in [5, 5.41) is 4.19. The van der Waals surface area contributed by atoms with Gasteiger partial charge in [-0.15, -0.1) is 0 Å². The van der Waals surface area contributed by atoms with E-state index < -0.39 is 0 Å². The Morgan fingerprint density at radius 2 is 1.67 bits per heavy atom. The SMILES string of the molecule is CCN(CC)C(=O)C1CCCN(c2cc(C(=O)NC3CCN(Cc4ccccc4)CC3)c3ccccc3n2)C1. The molecule has 3 aromatic rings. The lowest BCUT2D eigenvalue weighted by Gasteiger charge is -2.35. The van der Waals surface area contributed by atoms with E-state index in [0.717, 1.165) is 81.7 Å². The van der Waals surface area contributed by atoms with Gasteiger partial charge in [0.25, 0.3) is 5.91 Å². The van der Waals surface area contributed by atoms with E-state index in [-0.39, 0.29) is 23.8 Å². The second kappa shape index (κ2) is 12.6. The van der Waals surface area contributed by atoms with Gasteiger partial charge in [0.2, 0.25) is 5.91 Å². The molecule has 0 saturated carbocycles. The van der Waals surface area contributed by atoms with Crippen molar-refractivity contribution in [2.75, 3.05) is 44.2 Å². The number of likely N-dealkylation sites (tertiary alicyclic amines) is 1. The van der Waals surface area contributed by atoms with Gasteiger partial charge in [-0.25, -0.2) is 4.98 Å². The van der Waals surface area contributed by atoms with Crippen molar-refractivity contribution in [3.63, 3.8) is 0 Å².